The Morgan fingerprint density at radius 1 is 1.30 bits per heavy atom. The third kappa shape index (κ3) is 5.03. The van der Waals surface area contributed by atoms with E-state index in [0.29, 0.717) is 72.2 Å². The SMILES string of the molecule is C=C(C)COc1cc2oc(=O)c(CC(=O)N3CCN(CCO)CC3)c(C)c2cc1Cl. The molecule has 3 rings (SSSR count). The van der Waals surface area contributed by atoms with Crippen LogP contribution in [0.2, 0.25) is 5.02 Å². The first-order chi connectivity index (χ1) is 14.3. The molecule has 1 aromatic carbocycles. The van der Waals surface area contributed by atoms with Crippen LogP contribution in [0.15, 0.2) is 33.5 Å². The van der Waals surface area contributed by atoms with E-state index < -0.39 is 5.63 Å². The number of piperazine rings is 1. The smallest absolute Gasteiger partial charge is 0.340 e. The lowest BCUT2D eigenvalue weighted by atomic mass is 10.0. The molecule has 0 unspecified atom stereocenters. The van der Waals surface area contributed by atoms with Crippen molar-refractivity contribution < 1.29 is 19.1 Å². The summed E-state index contributed by atoms with van der Waals surface area (Å²) in [6, 6.07) is 3.30. The molecular weight excluding hydrogens is 408 g/mol. The lowest BCUT2D eigenvalue weighted by molar-refractivity contribution is -0.132. The van der Waals surface area contributed by atoms with Crippen molar-refractivity contribution in [3.05, 3.63) is 50.9 Å². The zero-order valence-corrected chi connectivity index (χ0v) is 18.1. The first kappa shape index (κ1) is 22.3. The minimum absolute atomic E-state index is 0.0182. The number of ether oxygens (including phenoxy) is 1. The highest BCUT2D eigenvalue weighted by Gasteiger charge is 2.23. The van der Waals surface area contributed by atoms with Gasteiger partial charge in [0.1, 0.15) is 17.9 Å². The van der Waals surface area contributed by atoms with Crippen LogP contribution in [0.3, 0.4) is 0 Å². The average Bonchev–Trinajstić information content (AvgIpc) is 2.71. The maximum atomic E-state index is 12.8. The first-order valence-electron chi connectivity index (χ1n) is 9.94. The minimum atomic E-state index is -0.527. The van der Waals surface area contributed by atoms with Gasteiger partial charge in [-0.05, 0) is 31.1 Å². The van der Waals surface area contributed by atoms with Crippen molar-refractivity contribution in [2.24, 2.45) is 0 Å². The molecule has 0 bridgehead atoms. The number of aliphatic hydroxyl groups excluding tert-OH is 1. The van der Waals surface area contributed by atoms with E-state index in [9.17, 15) is 9.59 Å². The molecule has 1 saturated heterocycles. The second-order valence-electron chi connectivity index (χ2n) is 7.64. The van der Waals surface area contributed by atoms with E-state index in [1.165, 1.54) is 0 Å². The molecule has 1 aliphatic rings. The molecule has 30 heavy (non-hydrogen) atoms. The van der Waals surface area contributed by atoms with Crippen LogP contribution < -0.4 is 10.4 Å². The summed E-state index contributed by atoms with van der Waals surface area (Å²) in [4.78, 5) is 29.2. The van der Waals surface area contributed by atoms with Crippen molar-refractivity contribution in [3.63, 3.8) is 0 Å². The summed E-state index contributed by atoms with van der Waals surface area (Å²) in [7, 11) is 0. The third-order valence-corrected chi connectivity index (χ3v) is 5.58. The van der Waals surface area contributed by atoms with E-state index in [1.807, 2.05) is 6.92 Å². The fourth-order valence-corrected chi connectivity index (χ4v) is 3.75. The van der Waals surface area contributed by atoms with Crippen molar-refractivity contribution >= 4 is 28.5 Å². The molecule has 0 radical (unpaired) electrons. The Labute approximate surface area is 180 Å². The monoisotopic (exact) mass is 434 g/mol. The molecule has 1 fully saturated rings. The van der Waals surface area contributed by atoms with Gasteiger partial charge < -0.3 is 19.2 Å². The summed E-state index contributed by atoms with van der Waals surface area (Å²) in [5.41, 5.74) is 1.71. The Morgan fingerprint density at radius 3 is 2.63 bits per heavy atom. The van der Waals surface area contributed by atoms with E-state index in [0.717, 1.165) is 5.57 Å². The van der Waals surface area contributed by atoms with Gasteiger partial charge in [-0.15, -0.1) is 0 Å². The highest BCUT2D eigenvalue weighted by Crippen LogP contribution is 2.32. The zero-order valence-electron chi connectivity index (χ0n) is 17.4. The highest BCUT2D eigenvalue weighted by molar-refractivity contribution is 6.32. The van der Waals surface area contributed by atoms with Crippen LogP contribution in [0, 0.1) is 6.92 Å². The maximum absolute atomic E-state index is 12.8. The van der Waals surface area contributed by atoms with Gasteiger partial charge in [-0.2, -0.15) is 0 Å². The molecule has 0 spiro atoms. The number of carbonyl (C=O) groups is 1. The van der Waals surface area contributed by atoms with Crippen molar-refractivity contribution in [3.8, 4) is 5.75 Å². The van der Waals surface area contributed by atoms with E-state index in [4.69, 9.17) is 25.9 Å². The molecule has 0 aliphatic carbocycles. The van der Waals surface area contributed by atoms with Crippen LogP contribution in [0.25, 0.3) is 11.0 Å². The third-order valence-electron chi connectivity index (χ3n) is 5.28. The maximum Gasteiger partial charge on any atom is 0.340 e. The predicted molar refractivity (Wildman–Crippen MR) is 116 cm³/mol. The van der Waals surface area contributed by atoms with E-state index >= 15 is 0 Å². The Bertz CT molecular complexity index is 1010. The van der Waals surface area contributed by atoms with Crippen LogP contribution in [0.1, 0.15) is 18.1 Å². The average molecular weight is 435 g/mol. The predicted octanol–water partition coefficient (Wildman–Crippen LogP) is 2.39. The number of hydrogen-bond acceptors (Lipinski definition) is 6. The molecule has 162 valence electrons. The van der Waals surface area contributed by atoms with Gasteiger partial charge >= 0.3 is 5.63 Å². The minimum Gasteiger partial charge on any atom is -0.488 e. The number of aliphatic hydroxyl groups is 1. The molecule has 1 N–H and O–H groups in total. The molecule has 2 aromatic rings. The van der Waals surface area contributed by atoms with Crippen LogP contribution in [-0.2, 0) is 11.2 Å². The van der Waals surface area contributed by atoms with E-state index in [-0.39, 0.29) is 18.9 Å². The standard InChI is InChI=1S/C22H27ClN2O5/c1-14(2)13-29-20-12-19-16(10-18(20)23)15(3)17(22(28)30-19)11-21(27)25-6-4-24(5-7-25)8-9-26/h10,12,26H,1,4-9,11,13H2,2-3H3. The number of fused-ring (bicyclic) bond motifs is 1. The van der Waals surface area contributed by atoms with Gasteiger partial charge in [-0.1, -0.05) is 18.2 Å². The fourth-order valence-electron chi connectivity index (χ4n) is 3.53. The molecule has 8 heteroatoms. The summed E-state index contributed by atoms with van der Waals surface area (Å²) in [6.45, 7) is 11.0. The van der Waals surface area contributed by atoms with Crippen LogP contribution in [0.5, 0.6) is 5.75 Å². The zero-order chi connectivity index (χ0) is 21.8. The Hall–Kier alpha value is -2.35. The number of benzene rings is 1. The molecule has 2 heterocycles. The lowest BCUT2D eigenvalue weighted by Gasteiger charge is -2.34. The van der Waals surface area contributed by atoms with E-state index in [1.54, 1.807) is 24.0 Å². The topological polar surface area (TPSA) is 83.2 Å². The summed E-state index contributed by atoms with van der Waals surface area (Å²) in [5, 5.41) is 10.1. The summed E-state index contributed by atoms with van der Waals surface area (Å²) >= 11 is 6.35. The Morgan fingerprint density at radius 2 is 2.00 bits per heavy atom. The molecule has 0 saturated carbocycles. The number of aryl methyl sites for hydroxylation is 1. The van der Waals surface area contributed by atoms with Crippen LogP contribution in [-0.4, -0.2) is 66.8 Å². The lowest BCUT2D eigenvalue weighted by Crippen LogP contribution is -2.49. The van der Waals surface area contributed by atoms with Crippen molar-refractivity contribution in [2.75, 3.05) is 45.9 Å². The molecule has 7 nitrogen and oxygen atoms in total. The van der Waals surface area contributed by atoms with E-state index in [2.05, 4.69) is 11.5 Å². The largest absolute Gasteiger partial charge is 0.488 e. The van der Waals surface area contributed by atoms with Gasteiger partial charge in [0.2, 0.25) is 5.91 Å². The van der Waals surface area contributed by atoms with Crippen molar-refractivity contribution in [1.82, 2.24) is 9.80 Å². The number of amides is 1. The fraction of sp³-hybridized carbons (Fsp3) is 0.455. The summed E-state index contributed by atoms with van der Waals surface area (Å²) in [6.07, 6.45) is -0.0182. The molecule has 1 amide bonds. The van der Waals surface area contributed by atoms with Gasteiger partial charge in [-0.3, -0.25) is 9.69 Å². The number of rotatable bonds is 7. The summed E-state index contributed by atoms with van der Waals surface area (Å²) < 4.78 is 11.1. The van der Waals surface area contributed by atoms with Gasteiger partial charge in [0.05, 0.1) is 23.6 Å². The quantitative estimate of drug-likeness (QED) is 0.532. The summed E-state index contributed by atoms with van der Waals surface area (Å²) in [5.74, 6) is 0.306. The number of carbonyl (C=O) groups excluding carboxylic acids is 1. The second-order valence-corrected chi connectivity index (χ2v) is 8.05. The first-order valence-corrected chi connectivity index (χ1v) is 10.3. The second kappa shape index (κ2) is 9.64. The molecule has 1 aromatic heterocycles. The molecular formula is C22H27ClN2O5. The number of hydrogen-bond donors (Lipinski definition) is 1. The molecule has 1 aliphatic heterocycles. The van der Waals surface area contributed by atoms with Crippen LogP contribution in [0.4, 0.5) is 0 Å². The van der Waals surface area contributed by atoms with Crippen molar-refractivity contribution in [1.29, 1.82) is 0 Å². The normalized spacial score (nSPS) is 14.9. The van der Waals surface area contributed by atoms with Crippen molar-refractivity contribution in [2.45, 2.75) is 20.3 Å². The highest BCUT2D eigenvalue weighted by atomic mass is 35.5. The van der Waals surface area contributed by atoms with Gasteiger partial charge in [0.15, 0.2) is 0 Å². The Balaban J connectivity index is 1.81. The van der Waals surface area contributed by atoms with Gasteiger partial charge in [-0.25, -0.2) is 4.79 Å². The van der Waals surface area contributed by atoms with Gasteiger partial charge in [0, 0.05) is 44.2 Å². The van der Waals surface area contributed by atoms with Crippen LogP contribution >= 0.6 is 11.6 Å². The number of halogens is 1. The number of nitrogens with zero attached hydrogens (tertiary/aromatic N) is 2. The number of β-amino-alcohol motifs (C(OH)–C–C–N with tert-alkyl or cyclic N) is 1. The Kier molecular flexibility index (Phi) is 7.18. The van der Waals surface area contributed by atoms with Gasteiger partial charge in [0.25, 0.3) is 0 Å². The molecule has 0 atom stereocenters.